The maximum Gasteiger partial charge on any atom is 0.0643 e. The monoisotopic (exact) mass is 184 g/mol. The third kappa shape index (κ3) is 15200. The van der Waals surface area contributed by atoms with E-state index in [4.69, 9.17) is 0 Å². The lowest BCUT2D eigenvalue weighted by Gasteiger charge is -0.936. The van der Waals surface area contributed by atoms with Crippen LogP contribution in [0.25, 0.3) is 0 Å². The van der Waals surface area contributed by atoms with E-state index in [0.29, 0.717) is 0 Å². The summed E-state index contributed by atoms with van der Waals surface area (Å²) in [7, 11) is 16.0. The summed E-state index contributed by atoms with van der Waals surface area (Å²) in [4.78, 5) is 0. The maximum absolute atomic E-state index is 2.00. The van der Waals surface area contributed by atoms with Crippen LogP contribution in [0.1, 0.15) is 0 Å². The van der Waals surface area contributed by atoms with Crippen LogP contribution in [0.2, 0.25) is 0 Å². The molecule has 0 fully saturated rings. The Morgan fingerprint density at radius 3 is 0.250 bits per heavy atom. The van der Waals surface area contributed by atoms with E-state index >= 15 is 0 Å². The molecule has 0 aliphatic rings. The van der Waals surface area contributed by atoms with Gasteiger partial charge < -0.3 is 0 Å². The lowest BCUT2D eigenvalue weighted by Crippen LogP contribution is -1.38. The van der Waals surface area contributed by atoms with Gasteiger partial charge in [0.05, 0.1) is 61.9 Å². The minimum absolute atomic E-state index is 0. The first kappa shape index (κ1) is 86.0. The highest BCUT2D eigenvalue weighted by molar-refractivity contribution is 6.76. The molecule has 0 aromatic carbocycles. The Hall–Kier alpha value is 0.239. The molecule has 0 amide bonds. The average Bonchev–Trinajstić information content (AvgIpc) is 2.03. The molecule has 0 rings (SSSR count). The number of hydrogen-bond donors (Lipinski definition) is 0. The van der Waals surface area contributed by atoms with Crippen LogP contribution in [0.15, 0.2) is 0 Å². The number of rotatable bonds is 0. The van der Waals surface area contributed by atoms with Crippen molar-refractivity contribution in [3.8, 4) is 0 Å². The van der Waals surface area contributed by atoms with E-state index in [1.165, 1.54) is 0 Å². The zero-order valence-corrected chi connectivity index (χ0v) is 9.63. The predicted molar refractivity (Wildman–Crippen MR) is 78.4 cm³/mol. The molecule has 0 N–H and O–H groups in total. The highest BCUT2D eigenvalue weighted by Gasteiger charge is 1.07. The molecule has 0 aromatic heterocycles. The molecule has 0 atom stereocenters. The molecule has 0 spiro atoms. The van der Waals surface area contributed by atoms with E-state index in [2.05, 4.69) is 0 Å². The van der Waals surface area contributed by atoms with Crippen LogP contribution in [-0.2, 0) is 0 Å². The van der Waals surface area contributed by atoms with Crippen LogP contribution in [0.3, 0.4) is 0 Å². The zero-order chi connectivity index (χ0) is 8.00. The van der Waals surface area contributed by atoms with Gasteiger partial charge >= 0.3 is 0 Å². The van der Waals surface area contributed by atoms with Crippen LogP contribution >= 0.6 is 0 Å². The highest BCUT2D eigenvalue weighted by Crippen LogP contribution is 0.625. The predicted octanol–water partition coefficient (Wildman–Crippen LogP) is -6.72. The Morgan fingerprint density at radius 2 is 0.250 bits per heavy atom. The van der Waals surface area contributed by atoms with Gasteiger partial charge in [-0.15, -0.1) is 0 Å². The molecule has 0 saturated heterocycles. The van der Waals surface area contributed by atoms with E-state index in [1.807, 2.05) is 61.9 Å². The highest BCUT2D eigenvalue weighted by atomic mass is 19.0. The van der Waals surface area contributed by atoms with E-state index in [-0.39, 0.29) is 18.8 Å². The van der Waals surface area contributed by atoms with E-state index in [1.54, 1.807) is 0 Å². The summed E-state index contributed by atoms with van der Waals surface area (Å²) in [5.41, 5.74) is 0. The van der Waals surface area contributed by atoms with Crippen molar-refractivity contribution in [3.05, 3.63) is 0 Å². The van der Waals surface area contributed by atoms with Crippen molar-refractivity contribution in [2.24, 2.45) is 0 Å². The molecule has 12 heteroatoms. The van der Waals surface area contributed by atoms with Gasteiger partial charge in [-0.2, -0.15) is 0 Å². The second-order valence-corrected chi connectivity index (χ2v) is 0. The average molecular weight is 183 g/mol. The summed E-state index contributed by atoms with van der Waals surface area (Å²) in [5.74, 6) is 0. The molecule has 0 radical (unpaired) electrons. The lowest BCUT2D eigenvalue weighted by molar-refractivity contribution is 1.11. The SMILES string of the molecule is BB.BB.BB.BB.F.F.F.F. The van der Waals surface area contributed by atoms with Gasteiger partial charge in [0.2, 0.25) is 0 Å². The topological polar surface area (TPSA) is 0 Å². The van der Waals surface area contributed by atoms with Crippen molar-refractivity contribution in [1.82, 2.24) is 0 Å². The fourth-order valence-corrected chi connectivity index (χ4v) is 0. The van der Waals surface area contributed by atoms with Crippen LogP contribution in [0.5, 0.6) is 0 Å². The molecule has 72 valence electrons. The molecule has 0 unspecified atom stereocenters. The van der Waals surface area contributed by atoms with Crippen molar-refractivity contribution in [3.63, 3.8) is 0 Å². The van der Waals surface area contributed by atoms with Crippen molar-refractivity contribution in [2.75, 3.05) is 0 Å². The second-order valence-electron chi connectivity index (χ2n) is 0. The molecule has 0 nitrogen and oxygen atoms in total. The fraction of sp³-hybridized carbons (Fsp3) is 0. The van der Waals surface area contributed by atoms with Crippen LogP contribution in [0, 0.1) is 0 Å². The Labute approximate surface area is 81.5 Å². The normalized spacial score (nSPS) is 1.33. The zero-order valence-electron chi connectivity index (χ0n) is 9.63. The van der Waals surface area contributed by atoms with Crippen LogP contribution in [-0.4, -0.2) is 61.9 Å². The maximum atomic E-state index is 2.00. The molecule has 0 aliphatic heterocycles. The largest absolute Gasteiger partial charge is 0.269 e. The van der Waals surface area contributed by atoms with Crippen molar-refractivity contribution >= 4 is 61.9 Å². The lowest BCUT2D eigenvalue weighted by atomic mass is 9.81. The first-order chi connectivity index (χ1) is 4.00. The molecule has 0 aliphatic carbocycles. The van der Waals surface area contributed by atoms with Gasteiger partial charge in [-0.25, -0.2) is 0 Å². The third-order valence-corrected chi connectivity index (χ3v) is 0. The summed E-state index contributed by atoms with van der Waals surface area (Å²) < 4.78 is 0. The van der Waals surface area contributed by atoms with E-state index in [0.717, 1.165) is 0 Å². The van der Waals surface area contributed by atoms with E-state index in [9.17, 15) is 0 Å². The quantitative estimate of drug-likeness (QED) is 0.258. The fourth-order valence-electron chi connectivity index (χ4n) is 0. The molecule has 0 heterocycles. The summed E-state index contributed by atoms with van der Waals surface area (Å²) in [6.07, 6.45) is 0. The first-order valence-corrected chi connectivity index (χ1v) is 4.00. The summed E-state index contributed by atoms with van der Waals surface area (Å²) >= 11 is 0. The Morgan fingerprint density at radius 1 is 0.250 bits per heavy atom. The number of halogens is 4. The molecular formula is H20B8F4. The standard InChI is InChI=1S/4B2H4.4FH/c4*1-2;;;;/h4*1-2H2;4*1H. The van der Waals surface area contributed by atoms with Gasteiger partial charge in [-0.05, 0) is 0 Å². The van der Waals surface area contributed by atoms with Gasteiger partial charge in [0.25, 0.3) is 0 Å². The minimum atomic E-state index is 0. The van der Waals surface area contributed by atoms with Crippen molar-refractivity contribution < 1.29 is 18.8 Å². The van der Waals surface area contributed by atoms with Gasteiger partial charge in [0.1, 0.15) is 0 Å². The van der Waals surface area contributed by atoms with E-state index < -0.39 is 0 Å². The Kier molecular flexibility index (Phi) is 147000. The molecular weight excluding hydrogens is 162 g/mol. The molecule has 0 bridgehead atoms. The van der Waals surface area contributed by atoms with Crippen molar-refractivity contribution in [1.29, 1.82) is 0 Å². The molecule has 0 saturated carbocycles. The molecule has 12 heavy (non-hydrogen) atoms. The molecule has 0 aromatic rings. The van der Waals surface area contributed by atoms with Crippen LogP contribution < -0.4 is 0 Å². The van der Waals surface area contributed by atoms with Gasteiger partial charge in [-0.3, -0.25) is 18.8 Å². The summed E-state index contributed by atoms with van der Waals surface area (Å²) in [6, 6.07) is 0. The van der Waals surface area contributed by atoms with Gasteiger partial charge in [-0.1, -0.05) is 0 Å². The van der Waals surface area contributed by atoms with Crippen molar-refractivity contribution in [2.45, 2.75) is 0 Å². The van der Waals surface area contributed by atoms with Crippen LogP contribution in [0.4, 0.5) is 18.8 Å². The van der Waals surface area contributed by atoms with Gasteiger partial charge in [0.15, 0.2) is 0 Å². The first-order valence-electron chi connectivity index (χ1n) is 4.00. The smallest absolute Gasteiger partial charge is 0.0643 e. The second kappa shape index (κ2) is 20500. The Balaban J connectivity index is -0.00000000267. The number of hydrogen-bond acceptors (Lipinski definition) is 0. The summed E-state index contributed by atoms with van der Waals surface area (Å²) in [5, 5.41) is 0. The third-order valence-electron chi connectivity index (χ3n) is 0. The Bertz CT molecular complexity index is 11.0. The minimum Gasteiger partial charge on any atom is -0.269 e. The van der Waals surface area contributed by atoms with Gasteiger partial charge in [0, 0.05) is 0 Å². The summed E-state index contributed by atoms with van der Waals surface area (Å²) in [6.45, 7) is 0.